The van der Waals surface area contributed by atoms with Crippen molar-refractivity contribution in [1.82, 2.24) is 0 Å². The van der Waals surface area contributed by atoms with Crippen LogP contribution in [0.3, 0.4) is 0 Å². The van der Waals surface area contributed by atoms with Crippen molar-refractivity contribution in [1.29, 1.82) is 0 Å². The number of hydrogen-bond donors (Lipinski definition) is 3. The van der Waals surface area contributed by atoms with Gasteiger partial charge in [0.1, 0.15) is 0 Å². The van der Waals surface area contributed by atoms with E-state index in [1.165, 1.54) is 5.57 Å². The zero-order valence-electron chi connectivity index (χ0n) is 11.5. The molecule has 3 aliphatic carbocycles. The molecule has 0 heterocycles. The average molecular weight is 252 g/mol. The van der Waals surface area contributed by atoms with Gasteiger partial charge in [0.2, 0.25) is 0 Å². The van der Waals surface area contributed by atoms with Crippen LogP contribution in [-0.2, 0) is 0 Å². The lowest BCUT2D eigenvalue weighted by atomic mass is 9.51. The molecule has 0 radical (unpaired) electrons. The maximum atomic E-state index is 11.0. The standard InChI is InChI=1S/C15H24O3/c1-9-4-5-11-10(9)6-15(18)12(17)7-13(11,2)14(15,3)8-16/h5,9-10,12,16-18H,4,6-8H2,1-3H3/t9-,10-,12-,13?,14?,15-/m0/s1. The van der Waals surface area contributed by atoms with Gasteiger partial charge in [0.15, 0.2) is 0 Å². The van der Waals surface area contributed by atoms with E-state index in [9.17, 15) is 15.3 Å². The van der Waals surface area contributed by atoms with Gasteiger partial charge in [0, 0.05) is 10.8 Å². The molecule has 3 aliphatic rings. The van der Waals surface area contributed by atoms with Crippen LogP contribution in [0.15, 0.2) is 11.6 Å². The summed E-state index contributed by atoms with van der Waals surface area (Å²) in [5.41, 5.74) is -0.681. The zero-order chi connectivity index (χ0) is 13.3. The highest BCUT2D eigenvalue weighted by molar-refractivity contribution is 5.37. The first-order valence-electron chi connectivity index (χ1n) is 7.02. The van der Waals surface area contributed by atoms with Crippen molar-refractivity contribution < 1.29 is 15.3 Å². The number of hydrogen-bond acceptors (Lipinski definition) is 3. The first kappa shape index (κ1) is 12.6. The maximum Gasteiger partial charge on any atom is 0.0994 e. The highest BCUT2D eigenvalue weighted by atomic mass is 16.3. The summed E-state index contributed by atoms with van der Waals surface area (Å²) in [6.07, 6.45) is 3.78. The highest BCUT2D eigenvalue weighted by Crippen LogP contribution is 2.70. The summed E-state index contributed by atoms with van der Waals surface area (Å²) in [7, 11) is 0. The molecular formula is C15H24O3. The van der Waals surface area contributed by atoms with Crippen LogP contribution < -0.4 is 0 Å². The third-order valence-electron chi connectivity index (χ3n) is 6.61. The Hall–Kier alpha value is -0.380. The van der Waals surface area contributed by atoms with Crippen molar-refractivity contribution >= 4 is 0 Å². The highest BCUT2D eigenvalue weighted by Gasteiger charge is 2.72. The molecule has 0 aromatic rings. The molecule has 2 fully saturated rings. The normalized spacial score (nSPS) is 58.6. The fraction of sp³-hybridized carbons (Fsp3) is 0.867. The number of aliphatic hydroxyl groups excluding tert-OH is 2. The average Bonchev–Trinajstić information content (AvgIpc) is 2.71. The molecule has 2 saturated carbocycles. The van der Waals surface area contributed by atoms with Gasteiger partial charge in [-0.05, 0) is 31.1 Å². The lowest BCUT2D eigenvalue weighted by molar-refractivity contribution is -0.174. The first-order chi connectivity index (χ1) is 8.30. The van der Waals surface area contributed by atoms with Gasteiger partial charge in [-0.3, -0.25) is 0 Å². The van der Waals surface area contributed by atoms with Crippen molar-refractivity contribution in [3.8, 4) is 0 Å². The van der Waals surface area contributed by atoms with E-state index < -0.39 is 17.1 Å². The van der Waals surface area contributed by atoms with E-state index >= 15 is 0 Å². The Morgan fingerprint density at radius 1 is 1.33 bits per heavy atom. The first-order valence-corrected chi connectivity index (χ1v) is 7.02. The molecule has 2 bridgehead atoms. The van der Waals surface area contributed by atoms with E-state index in [2.05, 4.69) is 19.9 Å². The summed E-state index contributed by atoms with van der Waals surface area (Å²) in [5.74, 6) is 0.913. The van der Waals surface area contributed by atoms with Gasteiger partial charge in [0.05, 0.1) is 18.3 Å². The predicted octanol–water partition coefficient (Wildman–Crippen LogP) is 1.47. The maximum absolute atomic E-state index is 11.0. The Bertz CT molecular complexity index is 418. The quantitative estimate of drug-likeness (QED) is 0.619. The van der Waals surface area contributed by atoms with E-state index in [0.29, 0.717) is 24.7 Å². The molecule has 0 saturated heterocycles. The third kappa shape index (κ3) is 1.08. The van der Waals surface area contributed by atoms with Gasteiger partial charge in [-0.1, -0.05) is 32.4 Å². The molecule has 2 unspecified atom stereocenters. The molecule has 0 aromatic carbocycles. The van der Waals surface area contributed by atoms with Crippen molar-refractivity contribution in [3.05, 3.63) is 11.6 Å². The molecule has 0 spiro atoms. The molecule has 3 rings (SSSR count). The Balaban J connectivity index is 2.17. The van der Waals surface area contributed by atoms with E-state index in [-0.39, 0.29) is 12.0 Å². The predicted molar refractivity (Wildman–Crippen MR) is 68.8 cm³/mol. The van der Waals surface area contributed by atoms with Gasteiger partial charge in [-0.2, -0.15) is 0 Å². The van der Waals surface area contributed by atoms with Gasteiger partial charge in [-0.15, -0.1) is 0 Å². The van der Waals surface area contributed by atoms with Crippen LogP contribution in [0.25, 0.3) is 0 Å². The number of rotatable bonds is 1. The van der Waals surface area contributed by atoms with E-state index in [1.54, 1.807) is 0 Å². The molecule has 6 atom stereocenters. The largest absolute Gasteiger partial charge is 0.396 e. The summed E-state index contributed by atoms with van der Waals surface area (Å²) >= 11 is 0. The van der Waals surface area contributed by atoms with Crippen molar-refractivity contribution in [2.45, 2.75) is 51.7 Å². The Morgan fingerprint density at radius 2 is 2.00 bits per heavy atom. The molecule has 0 amide bonds. The molecule has 102 valence electrons. The smallest absolute Gasteiger partial charge is 0.0994 e. The van der Waals surface area contributed by atoms with Gasteiger partial charge in [0.25, 0.3) is 0 Å². The van der Waals surface area contributed by atoms with Crippen LogP contribution in [-0.4, -0.2) is 33.6 Å². The number of allylic oxidation sites excluding steroid dienone is 2. The fourth-order valence-corrected chi connectivity index (χ4v) is 4.95. The SMILES string of the molecule is C[C@H]1CC=C2[C@H]1C[C@]1(O)[C@@H](O)CC2(C)C1(C)CO. The van der Waals surface area contributed by atoms with Crippen LogP contribution in [0.2, 0.25) is 0 Å². The summed E-state index contributed by atoms with van der Waals surface area (Å²) in [5, 5.41) is 31.2. The van der Waals surface area contributed by atoms with Crippen LogP contribution in [0.1, 0.15) is 40.0 Å². The number of aliphatic hydroxyl groups is 3. The minimum Gasteiger partial charge on any atom is -0.396 e. The Morgan fingerprint density at radius 3 is 2.61 bits per heavy atom. The molecule has 3 heteroatoms. The fourth-order valence-electron chi connectivity index (χ4n) is 4.95. The summed E-state index contributed by atoms with van der Waals surface area (Å²) in [6, 6.07) is 0. The van der Waals surface area contributed by atoms with Crippen LogP contribution in [0.5, 0.6) is 0 Å². The van der Waals surface area contributed by atoms with E-state index in [0.717, 1.165) is 6.42 Å². The van der Waals surface area contributed by atoms with Crippen molar-refractivity contribution in [2.24, 2.45) is 22.7 Å². The Labute approximate surface area is 109 Å². The monoisotopic (exact) mass is 252 g/mol. The van der Waals surface area contributed by atoms with Gasteiger partial charge >= 0.3 is 0 Å². The molecule has 18 heavy (non-hydrogen) atoms. The van der Waals surface area contributed by atoms with Crippen LogP contribution >= 0.6 is 0 Å². The second-order valence-corrected chi connectivity index (χ2v) is 7.15. The van der Waals surface area contributed by atoms with Gasteiger partial charge in [-0.25, -0.2) is 0 Å². The summed E-state index contributed by atoms with van der Waals surface area (Å²) < 4.78 is 0. The van der Waals surface area contributed by atoms with E-state index in [4.69, 9.17) is 0 Å². The lowest BCUT2D eigenvalue weighted by Gasteiger charge is -2.55. The minimum absolute atomic E-state index is 0.0739. The molecular weight excluding hydrogens is 228 g/mol. The number of fused-ring (bicyclic) bond motifs is 4. The third-order valence-corrected chi connectivity index (χ3v) is 6.61. The second kappa shape index (κ2) is 3.38. The lowest BCUT2D eigenvalue weighted by Crippen LogP contribution is -2.60. The Kier molecular flexibility index (Phi) is 2.38. The molecule has 0 aromatic heterocycles. The van der Waals surface area contributed by atoms with Crippen LogP contribution in [0, 0.1) is 22.7 Å². The summed E-state index contributed by atoms with van der Waals surface area (Å²) in [4.78, 5) is 0. The van der Waals surface area contributed by atoms with Crippen molar-refractivity contribution in [3.63, 3.8) is 0 Å². The van der Waals surface area contributed by atoms with Crippen LogP contribution in [0.4, 0.5) is 0 Å². The minimum atomic E-state index is -1.14. The van der Waals surface area contributed by atoms with E-state index in [1.807, 2.05) is 6.92 Å². The second-order valence-electron chi connectivity index (χ2n) is 7.15. The zero-order valence-corrected chi connectivity index (χ0v) is 11.5. The summed E-state index contributed by atoms with van der Waals surface area (Å²) in [6.45, 7) is 6.19. The molecule has 3 N–H and O–H groups in total. The topological polar surface area (TPSA) is 60.7 Å². The van der Waals surface area contributed by atoms with Crippen molar-refractivity contribution in [2.75, 3.05) is 6.61 Å². The van der Waals surface area contributed by atoms with Gasteiger partial charge < -0.3 is 15.3 Å². The molecule has 3 nitrogen and oxygen atoms in total. The molecule has 0 aliphatic heterocycles.